The summed E-state index contributed by atoms with van der Waals surface area (Å²) in [5.74, 6) is 0.00749. The van der Waals surface area contributed by atoms with Crippen molar-refractivity contribution < 1.29 is 9.90 Å². The molecule has 0 bridgehead atoms. The summed E-state index contributed by atoms with van der Waals surface area (Å²) >= 11 is 0. The van der Waals surface area contributed by atoms with Gasteiger partial charge in [0.25, 0.3) is 0 Å². The summed E-state index contributed by atoms with van der Waals surface area (Å²) in [6, 6.07) is -0.182. The van der Waals surface area contributed by atoms with E-state index in [1.54, 1.807) is 6.92 Å². The molecule has 78 valence electrons. The molecule has 0 aliphatic heterocycles. The third-order valence-corrected chi connectivity index (χ3v) is 1.76. The quantitative estimate of drug-likeness (QED) is 0.544. The lowest BCUT2D eigenvalue weighted by Gasteiger charge is -2.13. The molecule has 13 heavy (non-hydrogen) atoms. The molecule has 2 unspecified atom stereocenters. The Morgan fingerprint density at radius 2 is 2.08 bits per heavy atom. The third kappa shape index (κ3) is 6.54. The maximum absolute atomic E-state index is 11.2. The van der Waals surface area contributed by atoms with Gasteiger partial charge in [0.05, 0.1) is 12.1 Å². The molecule has 0 aromatic rings. The molecule has 0 saturated carbocycles. The molecule has 0 rings (SSSR count). The Morgan fingerprint density at radius 3 is 2.54 bits per heavy atom. The van der Waals surface area contributed by atoms with Crippen molar-refractivity contribution >= 4 is 5.91 Å². The van der Waals surface area contributed by atoms with Crippen LogP contribution in [0.15, 0.2) is 0 Å². The van der Waals surface area contributed by atoms with Crippen molar-refractivity contribution in [3.8, 4) is 0 Å². The topological polar surface area (TPSA) is 61.4 Å². The summed E-state index contributed by atoms with van der Waals surface area (Å²) in [5, 5.41) is 14.7. The fourth-order valence-corrected chi connectivity index (χ4v) is 0.929. The van der Waals surface area contributed by atoms with Crippen molar-refractivity contribution in [3.63, 3.8) is 0 Å². The average Bonchev–Trinajstić information content (AvgIpc) is 2.04. The molecular weight excluding hydrogens is 168 g/mol. The van der Waals surface area contributed by atoms with Gasteiger partial charge in [0, 0.05) is 6.54 Å². The number of carbonyl (C=O) groups is 1. The summed E-state index contributed by atoms with van der Waals surface area (Å²) in [6.45, 7) is 6.75. The highest BCUT2D eigenvalue weighted by molar-refractivity contribution is 5.81. The molecule has 0 fully saturated rings. The van der Waals surface area contributed by atoms with E-state index in [-0.39, 0.29) is 18.1 Å². The van der Waals surface area contributed by atoms with Crippen molar-refractivity contribution in [2.24, 2.45) is 0 Å². The van der Waals surface area contributed by atoms with Crippen LogP contribution < -0.4 is 10.6 Å². The minimum Gasteiger partial charge on any atom is -0.393 e. The van der Waals surface area contributed by atoms with E-state index in [1.807, 2.05) is 13.8 Å². The summed E-state index contributed by atoms with van der Waals surface area (Å²) in [7, 11) is 0. The van der Waals surface area contributed by atoms with Gasteiger partial charge >= 0.3 is 0 Å². The molecule has 0 aliphatic rings. The summed E-state index contributed by atoms with van der Waals surface area (Å²) in [4.78, 5) is 11.2. The minimum absolute atomic E-state index is 0.00749. The van der Waals surface area contributed by atoms with E-state index in [2.05, 4.69) is 10.6 Å². The molecule has 0 spiro atoms. The molecule has 0 aromatic carbocycles. The van der Waals surface area contributed by atoms with Gasteiger partial charge in [-0.25, -0.2) is 0 Å². The zero-order chi connectivity index (χ0) is 10.3. The second-order valence-electron chi connectivity index (χ2n) is 3.21. The molecule has 2 atom stereocenters. The van der Waals surface area contributed by atoms with E-state index in [0.717, 1.165) is 0 Å². The monoisotopic (exact) mass is 188 g/mol. The van der Waals surface area contributed by atoms with Crippen molar-refractivity contribution in [1.82, 2.24) is 10.6 Å². The van der Waals surface area contributed by atoms with Gasteiger partial charge in [-0.2, -0.15) is 0 Å². The Balaban J connectivity index is 3.49. The molecule has 4 nitrogen and oxygen atoms in total. The molecule has 3 N–H and O–H groups in total. The SMILES string of the molecule is CCNC(=O)C(C)NCCC(C)O. The third-order valence-electron chi connectivity index (χ3n) is 1.76. The Morgan fingerprint density at radius 1 is 1.46 bits per heavy atom. The lowest BCUT2D eigenvalue weighted by molar-refractivity contribution is -0.122. The predicted molar refractivity (Wildman–Crippen MR) is 52.4 cm³/mol. The van der Waals surface area contributed by atoms with E-state index in [1.165, 1.54) is 0 Å². The second kappa shape index (κ2) is 6.86. The summed E-state index contributed by atoms with van der Waals surface area (Å²) in [6.07, 6.45) is 0.359. The molecule has 0 aliphatic carbocycles. The van der Waals surface area contributed by atoms with Crippen LogP contribution in [0, 0.1) is 0 Å². The standard InChI is InChI=1S/C9H20N2O2/c1-4-10-9(13)8(3)11-6-5-7(2)12/h7-8,11-12H,4-6H2,1-3H3,(H,10,13). The predicted octanol–water partition coefficient (Wildman–Crippen LogP) is -0.128. The number of nitrogens with one attached hydrogen (secondary N) is 2. The second-order valence-corrected chi connectivity index (χ2v) is 3.21. The first-order chi connectivity index (χ1) is 6.07. The highest BCUT2D eigenvalue weighted by Crippen LogP contribution is 1.88. The first kappa shape index (κ1) is 12.4. The Labute approximate surface area is 79.7 Å². The number of hydrogen-bond donors (Lipinski definition) is 3. The van der Waals surface area contributed by atoms with Crippen LogP contribution in [0.4, 0.5) is 0 Å². The number of amides is 1. The number of aliphatic hydroxyl groups is 1. The zero-order valence-corrected chi connectivity index (χ0v) is 8.63. The Bertz CT molecular complexity index is 149. The van der Waals surface area contributed by atoms with Crippen LogP contribution in [0.2, 0.25) is 0 Å². The highest BCUT2D eigenvalue weighted by Gasteiger charge is 2.09. The van der Waals surface area contributed by atoms with Crippen LogP contribution >= 0.6 is 0 Å². The maximum atomic E-state index is 11.2. The van der Waals surface area contributed by atoms with Gasteiger partial charge in [0.15, 0.2) is 0 Å². The van der Waals surface area contributed by atoms with Gasteiger partial charge in [-0.3, -0.25) is 4.79 Å². The number of aliphatic hydroxyl groups excluding tert-OH is 1. The van der Waals surface area contributed by atoms with Gasteiger partial charge < -0.3 is 15.7 Å². The van der Waals surface area contributed by atoms with Crippen LogP contribution in [0.5, 0.6) is 0 Å². The molecule has 0 saturated heterocycles. The maximum Gasteiger partial charge on any atom is 0.236 e. The summed E-state index contributed by atoms with van der Waals surface area (Å²) in [5.41, 5.74) is 0. The highest BCUT2D eigenvalue weighted by atomic mass is 16.3. The molecular formula is C9H20N2O2. The van der Waals surface area contributed by atoms with Gasteiger partial charge in [-0.15, -0.1) is 0 Å². The van der Waals surface area contributed by atoms with Crippen LogP contribution in [-0.4, -0.2) is 36.2 Å². The van der Waals surface area contributed by atoms with Crippen LogP contribution in [0.3, 0.4) is 0 Å². The Hall–Kier alpha value is -0.610. The van der Waals surface area contributed by atoms with Crippen LogP contribution in [0.25, 0.3) is 0 Å². The molecule has 0 heterocycles. The minimum atomic E-state index is -0.311. The smallest absolute Gasteiger partial charge is 0.236 e. The van der Waals surface area contributed by atoms with E-state index < -0.39 is 0 Å². The van der Waals surface area contributed by atoms with Crippen molar-refractivity contribution in [3.05, 3.63) is 0 Å². The van der Waals surface area contributed by atoms with Crippen molar-refractivity contribution in [1.29, 1.82) is 0 Å². The lowest BCUT2D eigenvalue weighted by atomic mass is 10.2. The number of rotatable bonds is 6. The summed E-state index contributed by atoms with van der Waals surface area (Å²) < 4.78 is 0. The average molecular weight is 188 g/mol. The fraction of sp³-hybridized carbons (Fsp3) is 0.889. The van der Waals surface area contributed by atoms with Crippen molar-refractivity contribution in [2.75, 3.05) is 13.1 Å². The van der Waals surface area contributed by atoms with Gasteiger partial charge in [0.2, 0.25) is 5.91 Å². The van der Waals surface area contributed by atoms with Crippen LogP contribution in [0.1, 0.15) is 27.2 Å². The fourth-order valence-electron chi connectivity index (χ4n) is 0.929. The first-order valence-corrected chi connectivity index (χ1v) is 4.77. The molecule has 0 radical (unpaired) electrons. The number of likely N-dealkylation sites (N-methyl/N-ethyl adjacent to an activating group) is 1. The van der Waals surface area contributed by atoms with Crippen molar-refractivity contribution in [2.45, 2.75) is 39.3 Å². The Kier molecular flexibility index (Phi) is 6.54. The molecule has 4 heteroatoms. The van der Waals surface area contributed by atoms with Gasteiger partial charge in [-0.1, -0.05) is 0 Å². The van der Waals surface area contributed by atoms with E-state index in [9.17, 15) is 4.79 Å². The van der Waals surface area contributed by atoms with E-state index in [4.69, 9.17) is 5.11 Å². The van der Waals surface area contributed by atoms with E-state index >= 15 is 0 Å². The van der Waals surface area contributed by atoms with Gasteiger partial charge in [-0.05, 0) is 33.7 Å². The molecule has 1 amide bonds. The molecule has 0 aromatic heterocycles. The van der Waals surface area contributed by atoms with Gasteiger partial charge in [0.1, 0.15) is 0 Å². The largest absolute Gasteiger partial charge is 0.393 e. The number of carbonyl (C=O) groups excluding carboxylic acids is 1. The van der Waals surface area contributed by atoms with Crippen LogP contribution in [-0.2, 0) is 4.79 Å². The zero-order valence-electron chi connectivity index (χ0n) is 8.63. The van der Waals surface area contributed by atoms with E-state index in [0.29, 0.717) is 19.5 Å². The number of hydrogen-bond acceptors (Lipinski definition) is 3. The lowest BCUT2D eigenvalue weighted by Crippen LogP contribution is -2.42. The first-order valence-electron chi connectivity index (χ1n) is 4.77. The normalized spacial score (nSPS) is 15.1.